The summed E-state index contributed by atoms with van der Waals surface area (Å²) in [5.41, 5.74) is 4.66. The van der Waals surface area contributed by atoms with Crippen molar-refractivity contribution in [2.75, 3.05) is 6.61 Å². The van der Waals surface area contributed by atoms with Gasteiger partial charge in [-0.2, -0.15) is 0 Å². The van der Waals surface area contributed by atoms with Crippen LogP contribution in [0.5, 0.6) is 0 Å². The van der Waals surface area contributed by atoms with E-state index < -0.39 is 36.0 Å². The summed E-state index contributed by atoms with van der Waals surface area (Å²) in [4.78, 5) is 35.8. The highest BCUT2D eigenvalue weighted by Crippen LogP contribution is 2.44. The topological polar surface area (TPSA) is 125 Å². The third-order valence-electron chi connectivity index (χ3n) is 6.48. The third kappa shape index (κ3) is 6.60. The number of alkyl carbamates (subject to hydrolysis) is 1. The first-order valence-electron chi connectivity index (χ1n) is 12.0. The molecule has 0 fully saturated rings. The number of hydrogen-bond donors (Lipinski definition) is 4. The van der Waals surface area contributed by atoms with E-state index in [4.69, 9.17) is 9.84 Å². The van der Waals surface area contributed by atoms with Crippen molar-refractivity contribution in [1.82, 2.24) is 10.6 Å². The van der Waals surface area contributed by atoms with Gasteiger partial charge in [-0.15, -0.1) is 0 Å². The summed E-state index contributed by atoms with van der Waals surface area (Å²) >= 11 is 0. The van der Waals surface area contributed by atoms with Gasteiger partial charge in [0.2, 0.25) is 5.91 Å². The zero-order valence-corrected chi connectivity index (χ0v) is 20.4. The van der Waals surface area contributed by atoms with E-state index in [2.05, 4.69) is 34.9 Å². The van der Waals surface area contributed by atoms with E-state index in [0.717, 1.165) is 11.1 Å². The van der Waals surface area contributed by atoms with Gasteiger partial charge in [0, 0.05) is 17.9 Å². The van der Waals surface area contributed by atoms with Crippen molar-refractivity contribution in [2.24, 2.45) is 5.92 Å². The number of aliphatic carboxylic acids is 1. The molecule has 188 valence electrons. The number of carboxylic acids is 1. The molecule has 0 saturated carbocycles. The van der Waals surface area contributed by atoms with Crippen LogP contribution in [0.15, 0.2) is 48.5 Å². The van der Waals surface area contributed by atoms with Gasteiger partial charge in [0.15, 0.2) is 6.04 Å². The van der Waals surface area contributed by atoms with Crippen LogP contribution < -0.4 is 10.6 Å². The predicted octanol–water partition coefficient (Wildman–Crippen LogP) is 3.67. The van der Waals surface area contributed by atoms with E-state index in [9.17, 15) is 19.5 Å². The third-order valence-corrected chi connectivity index (χ3v) is 6.48. The number of aliphatic hydroxyl groups is 1. The molecule has 4 atom stereocenters. The maximum absolute atomic E-state index is 12.4. The van der Waals surface area contributed by atoms with Crippen LogP contribution in [0.1, 0.15) is 57.1 Å². The first kappa shape index (κ1) is 26.2. The van der Waals surface area contributed by atoms with Gasteiger partial charge >= 0.3 is 12.1 Å². The smallest absolute Gasteiger partial charge is 0.407 e. The molecule has 0 bridgehead atoms. The van der Waals surface area contributed by atoms with Crippen molar-refractivity contribution in [3.8, 4) is 11.1 Å². The minimum atomic E-state index is -1.33. The Labute approximate surface area is 205 Å². The van der Waals surface area contributed by atoms with E-state index in [-0.39, 0.29) is 18.6 Å². The summed E-state index contributed by atoms with van der Waals surface area (Å²) in [5.74, 6) is -2.12. The molecule has 8 heteroatoms. The number of aliphatic hydroxyl groups excluding tert-OH is 1. The van der Waals surface area contributed by atoms with Crippen molar-refractivity contribution < 1.29 is 29.3 Å². The number of hydrogen-bond acceptors (Lipinski definition) is 5. The Balaban J connectivity index is 1.42. The highest BCUT2D eigenvalue weighted by molar-refractivity contribution is 5.85. The molecular formula is C27H34N2O6. The average molecular weight is 483 g/mol. The van der Waals surface area contributed by atoms with E-state index in [0.29, 0.717) is 19.3 Å². The monoisotopic (exact) mass is 482 g/mol. The molecule has 2 aromatic rings. The van der Waals surface area contributed by atoms with Crippen LogP contribution >= 0.6 is 0 Å². The van der Waals surface area contributed by atoms with Crippen molar-refractivity contribution in [3.63, 3.8) is 0 Å². The first-order chi connectivity index (χ1) is 16.7. The molecule has 4 unspecified atom stereocenters. The Morgan fingerprint density at radius 2 is 1.49 bits per heavy atom. The molecule has 0 saturated heterocycles. The van der Waals surface area contributed by atoms with Crippen LogP contribution in [0.2, 0.25) is 0 Å². The number of ether oxygens (including phenoxy) is 1. The van der Waals surface area contributed by atoms with Crippen molar-refractivity contribution >= 4 is 18.0 Å². The van der Waals surface area contributed by atoms with Gasteiger partial charge in [-0.25, -0.2) is 9.59 Å². The summed E-state index contributed by atoms with van der Waals surface area (Å²) in [7, 11) is 0. The number of carbonyl (C=O) groups is 3. The average Bonchev–Trinajstić information content (AvgIpc) is 3.14. The van der Waals surface area contributed by atoms with Crippen LogP contribution in [0.4, 0.5) is 4.79 Å². The van der Waals surface area contributed by atoms with Crippen LogP contribution in [0.3, 0.4) is 0 Å². The fourth-order valence-electron chi connectivity index (χ4n) is 4.46. The number of carboxylic acid groups (broad SMARTS) is 1. The minimum absolute atomic E-state index is 0.000847. The number of benzene rings is 2. The Hall–Kier alpha value is -3.39. The zero-order chi connectivity index (χ0) is 25.5. The number of rotatable bonds is 11. The fraction of sp³-hybridized carbons (Fsp3) is 0.444. The lowest BCUT2D eigenvalue weighted by Gasteiger charge is -2.20. The highest BCUT2D eigenvalue weighted by Gasteiger charge is 2.29. The van der Waals surface area contributed by atoms with E-state index >= 15 is 0 Å². The molecule has 0 aliphatic heterocycles. The van der Waals surface area contributed by atoms with Gasteiger partial charge < -0.3 is 25.6 Å². The lowest BCUT2D eigenvalue weighted by molar-refractivity contribution is -0.145. The summed E-state index contributed by atoms with van der Waals surface area (Å²) in [5, 5.41) is 23.8. The predicted molar refractivity (Wildman–Crippen MR) is 132 cm³/mol. The maximum atomic E-state index is 12.4. The van der Waals surface area contributed by atoms with Crippen molar-refractivity contribution in [1.29, 1.82) is 0 Å². The first-order valence-corrected chi connectivity index (χ1v) is 12.0. The van der Waals surface area contributed by atoms with Gasteiger partial charge in [-0.05, 0) is 48.9 Å². The molecule has 0 aromatic heterocycles. The molecule has 8 nitrogen and oxygen atoms in total. The molecule has 35 heavy (non-hydrogen) atoms. The Morgan fingerprint density at radius 1 is 0.914 bits per heavy atom. The van der Waals surface area contributed by atoms with Crippen molar-refractivity contribution in [2.45, 2.75) is 64.1 Å². The SMILES string of the molecule is CC(CCCC(C)C(=O)NC(C(=O)O)C(C)O)NC(=O)OCC1c2ccccc2-c2ccccc21. The molecule has 4 N–H and O–H groups in total. The molecule has 0 radical (unpaired) electrons. The second-order valence-corrected chi connectivity index (χ2v) is 9.27. The number of amides is 2. The Bertz CT molecular complexity index is 1010. The van der Waals surface area contributed by atoms with Gasteiger partial charge in [0.25, 0.3) is 0 Å². The van der Waals surface area contributed by atoms with Gasteiger partial charge in [-0.1, -0.05) is 61.9 Å². The fourth-order valence-corrected chi connectivity index (χ4v) is 4.46. The minimum Gasteiger partial charge on any atom is -0.480 e. The molecule has 0 heterocycles. The molecule has 2 amide bonds. The van der Waals surface area contributed by atoms with Crippen LogP contribution in [-0.4, -0.2) is 53.0 Å². The summed E-state index contributed by atoms with van der Waals surface area (Å²) in [6.07, 6.45) is 0.151. The highest BCUT2D eigenvalue weighted by atomic mass is 16.5. The van der Waals surface area contributed by atoms with Gasteiger partial charge in [0.1, 0.15) is 6.61 Å². The zero-order valence-electron chi connectivity index (χ0n) is 20.4. The molecule has 2 aromatic carbocycles. The molecule has 1 aliphatic carbocycles. The van der Waals surface area contributed by atoms with Crippen LogP contribution in [0, 0.1) is 5.92 Å². The second-order valence-electron chi connectivity index (χ2n) is 9.27. The normalized spacial score (nSPS) is 15.8. The number of fused-ring (bicyclic) bond motifs is 3. The summed E-state index contributed by atoms with van der Waals surface area (Å²) in [6, 6.07) is 14.8. The quantitative estimate of drug-likeness (QED) is 0.387. The Morgan fingerprint density at radius 3 is 2.03 bits per heavy atom. The lowest BCUT2D eigenvalue weighted by Crippen LogP contribution is -2.49. The van der Waals surface area contributed by atoms with E-state index in [1.807, 2.05) is 31.2 Å². The van der Waals surface area contributed by atoms with Crippen molar-refractivity contribution in [3.05, 3.63) is 59.7 Å². The molecule has 3 rings (SSSR count). The van der Waals surface area contributed by atoms with Crippen LogP contribution in [0.25, 0.3) is 11.1 Å². The maximum Gasteiger partial charge on any atom is 0.407 e. The Kier molecular flexibility index (Phi) is 8.87. The molecule has 0 spiro atoms. The number of carbonyl (C=O) groups excluding carboxylic acids is 2. The van der Waals surface area contributed by atoms with Crippen LogP contribution in [-0.2, 0) is 14.3 Å². The second kappa shape index (κ2) is 11.8. The summed E-state index contributed by atoms with van der Waals surface area (Å²) in [6.45, 7) is 5.15. The van der Waals surface area contributed by atoms with E-state index in [1.165, 1.54) is 18.1 Å². The number of nitrogens with one attached hydrogen (secondary N) is 2. The lowest BCUT2D eigenvalue weighted by atomic mass is 9.98. The van der Waals surface area contributed by atoms with Gasteiger partial charge in [0.05, 0.1) is 6.10 Å². The van der Waals surface area contributed by atoms with Gasteiger partial charge in [-0.3, -0.25) is 4.79 Å². The standard InChI is InChI=1S/C27H34N2O6/c1-16(25(31)29-24(18(3)30)26(32)33)9-8-10-17(2)28-27(34)35-15-23-21-13-6-4-11-19(21)20-12-5-7-14-22(20)23/h4-7,11-14,16-18,23-24,30H,8-10,15H2,1-3H3,(H,28,34)(H,29,31)(H,32,33). The molecule has 1 aliphatic rings. The summed E-state index contributed by atoms with van der Waals surface area (Å²) < 4.78 is 5.57. The molecular weight excluding hydrogens is 448 g/mol. The van der Waals surface area contributed by atoms with E-state index in [1.54, 1.807) is 6.92 Å². The largest absolute Gasteiger partial charge is 0.480 e.